The summed E-state index contributed by atoms with van der Waals surface area (Å²) in [5.41, 5.74) is -0.346. The Balaban J connectivity index is 3.73. The summed E-state index contributed by atoms with van der Waals surface area (Å²) in [5, 5.41) is 0. The maximum absolute atomic E-state index is 11.9. The zero-order valence-electron chi connectivity index (χ0n) is 14.2. The lowest BCUT2D eigenvalue weighted by Gasteiger charge is -2.25. The van der Waals surface area contributed by atoms with Gasteiger partial charge in [0.25, 0.3) is 0 Å². The quantitative estimate of drug-likeness (QED) is 0.399. The lowest BCUT2D eigenvalue weighted by Crippen LogP contribution is -2.29. The maximum Gasteiger partial charge on any atom is 0.311 e. The zero-order valence-corrected chi connectivity index (χ0v) is 14.2. The van der Waals surface area contributed by atoms with Gasteiger partial charge in [0.05, 0.1) is 18.6 Å². The van der Waals surface area contributed by atoms with Gasteiger partial charge in [-0.3, -0.25) is 9.59 Å². The molecule has 21 heavy (non-hydrogen) atoms. The molecule has 1 atom stereocenters. The molecule has 0 N–H and O–H groups in total. The van der Waals surface area contributed by atoms with Crippen LogP contribution >= 0.6 is 0 Å². The summed E-state index contributed by atoms with van der Waals surface area (Å²) in [5.74, 6) is -0.173. The first-order valence-corrected chi connectivity index (χ1v) is 8.33. The Morgan fingerprint density at radius 2 is 1.43 bits per heavy atom. The molecule has 0 spiro atoms. The van der Waals surface area contributed by atoms with Crippen LogP contribution in [-0.2, 0) is 19.1 Å². The van der Waals surface area contributed by atoms with Crippen molar-refractivity contribution in [1.29, 1.82) is 0 Å². The first-order chi connectivity index (χ1) is 10.00. The van der Waals surface area contributed by atoms with Crippen LogP contribution in [0.3, 0.4) is 0 Å². The van der Waals surface area contributed by atoms with Crippen molar-refractivity contribution in [3.8, 4) is 0 Å². The molecule has 0 aromatic carbocycles. The molecule has 0 amide bonds. The van der Waals surface area contributed by atoms with Gasteiger partial charge in [-0.05, 0) is 40.0 Å². The minimum atomic E-state index is -0.346. The van der Waals surface area contributed by atoms with Crippen molar-refractivity contribution in [3.63, 3.8) is 0 Å². The largest absolute Gasteiger partial charge is 0.466 e. The molecule has 0 aliphatic carbocycles. The number of carbonyl (C=O) groups is 2. The van der Waals surface area contributed by atoms with E-state index in [1.54, 1.807) is 0 Å². The summed E-state index contributed by atoms with van der Waals surface area (Å²) in [6, 6.07) is 0. The molecule has 0 heterocycles. The number of hydrogen-bond donors (Lipinski definition) is 0. The van der Waals surface area contributed by atoms with Gasteiger partial charge in [0.2, 0.25) is 0 Å². The third-order valence-electron chi connectivity index (χ3n) is 3.96. The van der Waals surface area contributed by atoms with Gasteiger partial charge in [-0.2, -0.15) is 0 Å². The summed E-state index contributed by atoms with van der Waals surface area (Å²) < 4.78 is 10.0. The van der Waals surface area contributed by atoms with Crippen LogP contribution in [0.5, 0.6) is 0 Å². The molecule has 0 bridgehead atoms. The molecule has 0 aromatic heterocycles. The smallest absolute Gasteiger partial charge is 0.311 e. The minimum absolute atomic E-state index is 0.0742. The van der Waals surface area contributed by atoms with Crippen molar-refractivity contribution in [2.45, 2.75) is 79.1 Å². The molecular weight excluding hydrogens is 268 g/mol. The molecule has 0 saturated carbocycles. The lowest BCUT2D eigenvalue weighted by molar-refractivity contribution is -0.155. The van der Waals surface area contributed by atoms with Gasteiger partial charge >= 0.3 is 11.9 Å². The maximum atomic E-state index is 11.9. The Hall–Kier alpha value is -1.06. The standard InChI is InChI=1S/C17H32O4/c1-5-17(4,16(19)21-7-3)14-12-10-8-9-11-13-15(18)20-6-2/h5-14H2,1-4H3. The van der Waals surface area contributed by atoms with E-state index in [2.05, 4.69) is 0 Å². The predicted octanol–water partition coefficient (Wildman–Crippen LogP) is 4.26. The normalized spacial score (nSPS) is 13.5. The number of ether oxygens (including phenoxy) is 2. The van der Waals surface area contributed by atoms with E-state index in [0.717, 1.165) is 44.9 Å². The van der Waals surface area contributed by atoms with E-state index in [-0.39, 0.29) is 17.4 Å². The second-order valence-corrected chi connectivity index (χ2v) is 5.71. The SMILES string of the molecule is CCOC(=O)CCCCCCCC(C)(CC)C(=O)OCC. The highest BCUT2D eigenvalue weighted by atomic mass is 16.5. The van der Waals surface area contributed by atoms with Gasteiger partial charge in [-0.1, -0.05) is 32.6 Å². The first-order valence-electron chi connectivity index (χ1n) is 8.33. The Morgan fingerprint density at radius 3 is 2.00 bits per heavy atom. The van der Waals surface area contributed by atoms with Gasteiger partial charge in [0.15, 0.2) is 0 Å². The summed E-state index contributed by atoms with van der Waals surface area (Å²) in [4.78, 5) is 23.1. The van der Waals surface area contributed by atoms with E-state index in [4.69, 9.17) is 9.47 Å². The van der Waals surface area contributed by atoms with Crippen LogP contribution in [0.2, 0.25) is 0 Å². The zero-order chi connectivity index (χ0) is 16.1. The fourth-order valence-corrected chi connectivity index (χ4v) is 2.28. The van der Waals surface area contributed by atoms with Crippen LogP contribution in [0.15, 0.2) is 0 Å². The molecule has 124 valence electrons. The van der Waals surface area contributed by atoms with Crippen LogP contribution in [0.25, 0.3) is 0 Å². The molecule has 4 nitrogen and oxygen atoms in total. The summed E-state index contributed by atoms with van der Waals surface area (Å²) >= 11 is 0. The van der Waals surface area contributed by atoms with Crippen LogP contribution in [0, 0.1) is 5.41 Å². The molecule has 0 aliphatic rings. The molecule has 1 unspecified atom stereocenters. The van der Waals surface area contributed by atoms with E-state index in [1.165, 1.54) is 0 Å². The molecule has 4 heteroatoms. The number of unbranched alkanes of at least 4 members (excludes halogenated alkanes) is 4. The van der Waals surface area contributed by atoms with E-state index >= 15 is 0 Å². The highest BCUT2D eigenvalue weighted by Gasteiger charge is 2.31. The summed E-state index contributed by atoms with van der Waals surface area (Å²) in [6.07, 6.45) is 7.36. The number of carbonyl (C=O) groups excluding carboxylic acids is 2. The van der Waals surface area contributed by atoms with Crippen molar-refractivity contribution in [3.05, 3.63) is 0 Å². The lowest BCUT2D eigenvalue weighted by atomic mass is 9.82. The first kappa shape index (κ1) is 19.9. The topological polar surface area (TPSA) is 52.6 Å². The van der Waals surface area contributed by atoms with Crippen LogP contribution in [0.1, 0.15) is 79.1 Å². The molecule has 0 aliphatic heterocycles. The van der Waals surface area contributed by atoms with Gasteiger partial charge in [0.1, 0.15) is 0 Å². The minimum Gasteiger partial charge on any atom is -0.466 e. The predicted molar refractivity (Wildman–Crippen MR) is 84.0 cm³/mol. The van der Waals surface area contributed by atoms with Crippen molar-refractivity contribution in [2.75, 3.05) is 13.2 Å². The number of esters is 2. The third-order valence-corrected chi connectivity index (χ3v) is 3.96. The Morgan fingerprint density at radius 1 is 0.857 bits per heavy atom. The summed E-state index contributed by atoms with van der Waals surface area (Å²) in [7, 11) is 0. The Kier molecular flexibility index (Phi) is 11.0. The molecular formula is C17H32O4. The van der Waals surface area contributed by atoms with Crippen LogP contribution in [0.4, 0.5) is 0 Å². The number of rotatable bonds is 12. The average molecular weight is 300 g/mol. The van der Waals surface area contributed by atoms with E-state index < -0.39 is 0 Å². The van der Waals surface area contributed by atoms with E-state index in [0.29, 0.717) is 19.6 Å². The van der Waals surface area contributed by atoms with Gasteiger partial charge in [-0.25, -0.2) is 0 Å². The van der Waals surface area contributed by atoms with Gasteiger partial charge in [0, 0.05) is 6.42 Å². The van der Waals surface area contributed by atoms with Gasteiger partial charge in [-0.15, -0.1) is 0 Å². The highest BCUT2D eigenvalue weighted by molar-refractivity contribution is 5.76. The fraction of sp³-hybridized carbons (Fsp3) is 0.882. The van der Waals surface area contributed by atoms with Crippen molar-refractivity contribution >= 4 is 11.9 Å². The second kappa shape index (κ2) is 11.6. The average Bonchev–Trinajstić information content (AvgIpc) is 2.46. The van der Waals surface area contributed by atoms with Crippen molar-refractivity contribution in [1.82, 2.24) is 0 Å². The number of hydrogen-bond acceptors (Lipinski definition) is 4. The molecule has 0 rings (SSSR count). The molecule has 0 radical (unpaired) electrons. The van der Waals surface area contributed by atoms with Crippen LogP contribution in [-0.4, -0.2) is 25.2 Å². The monoisotopic (exact) mass is 300 g/mol. The fourth-order valence-electron chi connectivity index (χ4n) is 2.28. The highest BCUT2D eigenvalue weighted by Crippen LogP contribution is 2.30. The molecule has 0 fully saturated rings. The molecule has 0 aromatic rings. The molecule has 0 saturated heterocycles. The van der Waals surface area contributed by atoms with Crippen LogP contribution < -0.4 is 0 Å². The van der Waals surface area contributed by atoms with Crippen molar-refractivity contribution in [2.24, 2.45) is 5.41 Å². The Bertz CT molecular complexity index is 301. The second-order valence-electron chi connectivity index (χ2n) is 5.71. The third kappa shape index (κ3) is 8.74. The summed E-state index contributed by atoms with van der Waals surface area (Å²) in [6.45, 7) is 8.61. The van der Waals surface area contributed by atoms with Gasteiger partial charge < -0.3 is 9.47 Å². The van der Waals surface area contributed by atoms with E-state index in [9.17, 15) is 9.59 Å². The Labute approximate surface area is 129 Å². The van der Waals surface area contributed by atoms with Crippen molar-refractivity contribution < 1.29 is 19.1 Å². The van der Waals surface area contributed by atoms with E-state index in [1.807, 2.05) is 27.7 Å².